The minimum absolute atomic E-state index is 0.364. The van der Waals surface area contributed by atoms with Crippen LogP contribution in [0, 0.1) is 6.92 Å². The summed E-state index contributed by atoms with van der Waals surface area (Å²) < 4.78 is 6.86. The van der Waals surface area contributed by atoms with Crippen molar-refractivity contribution in [3.05, 3.63) is 59.0 Å². The van der Waals surface area contributed by atoms with Gasteiger partial charge in [-0.15, -0.1) is 5.10 Å². The molecule has 1 aromatic carbocycles. The third kappa shape index (κ3) is 3.32. The van der Waals surface area contributed by atoms with Crippen molar-refractivity contribution < 1.29 is 4.52 Å². The van der Waals surface area contributed by atoms with Crippen molar-refractivity contribution in [1.29, 1.82) is 0 Å². The van der Waals surface area contributed by atoms with Crippen LogP contribution < -0.4 is 5.73 Å². The molecular formula is C14H16N6O. The molecule has 0 fully saturated rings. The predicted molar refractivity (Wildman–Crippen MR) is 75.3 cm³/mol. The Kier molecular flexibility index (Phi) is 3.74. The summed E-state index contributed by atoms with van der Waals surface area (Å²) >= 11 is 0. The Hall–Kier alpha value is -2.54. The quantitative estimate of drug-likeness (QED) is 0.753. The molecule has 7 heteroatoms. The molecule has 3 aromatic rings. The first kappa shape index (κ1) is 13.4. The van der Waals surface area contributed by atoms with Crippen LogP contribution in [0.2, 0.25) is 0 Å². The number of hydrogen-bond acceptors (Lipinski definition) is 6. The second-order valence-electron chi connectivity index (χ2n) is 4.88. The Labute approximate surface area is 121 Å². The van der Waals surface area contributed by atoms with Crippen molar-refractivity contribution in [2.45, 2.75) is 26.4 Å². The maximum atomic E-state index is 5.49. The Morgan fingerprint density at radius 3 is 3.00 bits per heavy atom. The summed E-state index contributed by atoms with van der Waals surface area (Å²) in [6, 6.07) is 8.25. The Balaban J connectivity index is 1.68. The van der Waals surface area contributed by atoms with E-state index in [1.807, 2.05) is 12.1 Å². The number of aryl methyl sites for hydroxylation is 1. The van der Waals surface area contributed by atoms with Gasteiger partial charge in [-0.3, -0.25) is 0 Å². The highest BCUT2D eigenvalue weighted by molar-refractivity contribution is 5.24. The van der Waals surface area contributed by atoms with Gasteiger partial charge in [-0.1, -0.05) is 40.2 Å². The minimum Gasteiger partial charge on any atom is -0.337 e. The molecule has 0 atom stereocenters. The monoisotopic (exact) mass is 284 g/mol. The Bertz CT molecular complexity index is 732. The number of rotatable bonds is 5. The fourth-order valence-corrected chi connectivity index (χ4v) is 2.08. The van der Waals surface area contributed by atoms with Crippen LogP contribution in [0.3, 0.4) is 0 Å². The van der Waals surface area contributed by atoms with Gasteiger partial charge in [-0.05, 0) is 12.5 Å². The van der Waals surface area contributed by atoms with E-state index in [0.717, 1.165) is 11.3 Å². The highest BCUT2D eigenvalue weighted by Gasteiger charge is 2.09. The summed E-state index contributed by atoms with van der Waals surface area (Å²) in [5, 5.41) is 11.9. The molecule has 2 N–H and O–H groups in total. The van der Waals surface area contributed by atoms with Crippen molar-refractivity contribution in [3.8, 4) is 0 Å². The SMILES string of the molecule is Cc1cccc(Cc2noc(Cn3cc(CN)nn3)n2)c1. The molecule has 3 rings (SSSR count). The van der Waals surface area contributed by atoms with E-state index in [-0.39, 0.29) is 0 Å². The van der Waals surface area contributed by atoms with Gasteiger partial charge in [-0.25, -0.2) is 4.68 Å². The highest BCUT2D eigenvalue weighted by atomic mass is 16.5. The van der Waals surface area contributed by atoms with E-state index in [0.29, 0.717) is 31.2 Å². The van der Waals surface area contributed by atoms with Crippen LogP contribution in [0.5, 0.6) is 0 Å². The lowest BCUT2D eigenvalue weighted by atomic mass is 10.1. The average Bonchev–Trinajstić information content (AvgIpc) is 3.09. The lowest BCUT2D eigenvalue weighted by Crippen LogP contribution is -2.01. The number of aromatic nitrogens is 5. The van der Waals surface area contributed by atoms with E-state index in [9.17, 15) is 0 Å². The van der Waals surface area contributed by atoms with E-state index in [4.69, 9.17) is 10.3 Å². The second-order valence-corrected chi connectivity index (χ2v) is 4.88. The lowest BCUT2D eigenvalue weighted by molar-refractivity contribution is 0.360. The first-order valence-electron chi connectivity index (χ1n) is 6.69. The number of benzene rings is 1. The first-order valence-corrected chi connectivity index (χ1v) is 6.69. The molecule has 0 aliphatic rings. The summed E-state index contributed by atoms with van der Waals surface area (Å²) in [6.45, 7) is 2.82. The Morgan fingerprint density at radius 1 is 1.33 bits per heavy atom. The molecule has 0 aliphatic heterocycles. The second kappa shape index (κ2) is 5.84. The zero-order valence-electron chi connectivity index (χ0n) is 11.7. The molecule has 0 saturated heterocycles. The molecule has 0 saturated carbocycles. The fraction of sp³-hybridized carbons (Fsp3) is 0.286. The maximum Gasteiger partial charge on any atom is 0.248 e. The van der Waals surface area contributed by atoms with Crippen LogP contribution in [0.15, 0.2) is 35.0 Å². The standard InChI is InChI=1S/C14H16N6O/c1-10-3-2-4-11(5-10)6-13-16-14(21-18-13)9-20-8-12(7-15)17-19-20/h2-5,8H,6-7,9,15H2,1H3. The molecular weight excluding hydrogens is 268 g/mol. The van der Waals surface area contributed by atoms with Crippen molar-refractivity contribution in [3.63, 3.8) is 0 Å². The van der Waals surface area contributed by atoms with Crippen LogP contribution >= 0.6 is 0 Å². The molecule has 0 spiro atoms. The topological polar surface area (TPSA) is 95.7 Å². The smallest absolute Gasteiger partial charge is 0.248 e. The van der Waals surface area contributed by atoms with Gasteiger partial charge >= 0.3 is 0 Å². The third-order valence-electron chi connectivity index (χ3n) is 3.05. The molecule has 2 heterocycles. The van der Waals surface area contributed by atoms with E-state index in [2.05, 4.69) is 39.5 Å². The molecule has 0 amide bonds. The number of hydrogen-bond donors (Lipinski definition) is 1. The molecule has 108 valence electrons. The molecule has 2 aromatic heterocycles. The zero-order valence-corrected chi connectivity index (χ0v) is 11.7. The molecule has 0 aliphatic carbocycles. The summed E-state index contributed by atoms with van der Waals surface area (Å²) in [7, 11) is 0. The third-order valence-corrected chi connectivity index (χ3v) is 3.05. The summed E-state index contributed by atoms with van der Waals surface area (Å²) in [6.07, 6.45) is 2.42. The van der Waals surface area contributed by atoms with Crippen LogP contribution in [0.1, 0.15) is 28.5 Å². The summed E-state index contributed by atoms with van der Waals surface area (Å²) in [4.78, 5) is 4.37. The van der Waals surface area contributed by atoms with Crippen molar-refractivity contribution in [2.75, 3.05) is 0 Å². The lowest BCUT2D eigenvalue weighted by Gasteiger charge is -1.97. The van der Waals surface area contributed by atoms with Crippen molar-refractivity contribution in [1.82, 2.24) is 25.1 Å². The molecule has 7 nitrogen and oxygen atoms in total. The summed E-state index contributed by atoms with van der Waals surface area (Å²) in [5.41, 5.74) is 8.60. The van der Waals surface area contributed by atoms with Gasteiger partial charge in [0.15, 0.2) is 5.82 Å². The number of nitrogens with zero attached hydrogens (tertiary/aromatic N) is 5. The maximum absolute atomic E-state index is 5.49. The van der Waals surface area contributed by atoms with E-state index >= 15 is 0 Å². The fourth-order valence-electron chi connectivity index (χ4n) is 2.08. The molecule has 0 radical (unpaired) electrons. The largest absolute Gasteiger partial charge is 0.337 e. The molecule has 0 unspecified atom stereocenters. The molecule has 0 bridgehead atoms. The van der Waals surface area contributed by atoms with Gasteiger partial charge in [0, 0.05) is 13.0 Å². The van der Waals surface area contributed by atoms with Gasteiger partial charge < -0.3 is 10.3 Å². The van der Waals surface area contributed by atoms with Gasteiger partial charge in [0.25, 0.3) is 0 Å². The zero-order chi connectivity index (χ0) is 14.7. The Morgan fingerprint density at radius 2 is 2.24 bits per heavy atom. The minimum atomic E-state index is 0.364. The predicted octanol–water partition coefficient (Wildman–Crippen LogP) is 1.07. The van der Waals surface area contributed by atoms with Crippen LogP contribution in [-0.2, 0) is 19.5 Å². The average molecular weight is 284 g/mol. The first-order chi connectivity index (χ1) is 10.2. The van der Waals surface area contributed by atoms with Gasteiger partial charge in [-0.2, -0.15) is 4.98 Å². The van der Waals surface area contributed by atoms with E-state index < -0.39 is 0 Å². The van der Waals surface area contributed by atoms with Gasteiger partial charge in [0.1, 0.15) is 6.54 Å². The number of nitrogens with two attached hydrogens (primary N) is 1. The van der Waals surface area contributed by atoms with Crippen LogP contribution in [0.25, 0.3) is 0 Å². The summed E-state index contributed by atoms with van der Waals surface area (Å²) in [5.74, 6) is 1.17. The van der Waals surface area contributed by atoms with Crippen LogP contribution in [0.4, 0.5) is 0 Å². The van der Waals surface area contributed by atoms with Crippen molar-refractivity contribution in [2.24, 2.45) is 5.73 Å². The van der Waals surface area contributed by atoms with Crippen molar-refractivity contribution >= 4 is 0 Å². The van der Waals surface area contributed by atoms with E-state index in [1.165, 1.54) is 5.56 Å². The highest BCUT2D eigenvalue weighted by Crippen LogP contribution is 2.09. The van der Waals surface area contributed by atoms with Gasteiger partial charge in [0.05, 0.1) is 11.9 Å². The van der Waals surface area contributed by atoms with E-state index in [1.54, 1.807) is 10.9 Å². The normalized spacial score (nSPS) is 11.0. The van der Waals surface area contributed by atoms with Crippen LogP contribution in [-0.4, -0.2) is 25.1 Å². The molecule has 21 heavy (non-hydrogen) atoms. The van der Waals surface area contributed by atoms with Gasteiger partial charge in [0.2, 0.25) is 5.89 Å².